The minimum absolute atomic E-state index is 0.112. The SMILES string of the molecule is CCOc1cc([C@H]2Oc3nc(SC)nnc3-c3ccccc3N2C(=O)CC)c(Br)cc1OC. The third-order valence-corrected chi connectivity index (χ3v) is 6.34. The van der Waals surface area contributed by atoms with E-state index in [1.165, 1.54) is 11.8 Å². The first kappa shape index (κ1) is 23.3. The van der Waals surface area contributed by atoms with E-state index in [4.69, 9.17) is 14.2 Å². The van der Waals surface area contributed by atoms with Crippen molar-refractivity contribution in [3.8, 4) is 28.6 Å². The van der Waals surface area contributed by atoms with Crippen LogP contribution < -0.4 is 19.1 Å². The lowest BCUT2D eigenvalue weighted by Crippen LogP contribution is -2.37. The molecule has 1 aliphatic heterocycles. The first-order chi connectivity index (χ1) is 16.0. The first-order valence-corrected chi connectivity index (χ1v) is 12.4. The monoisotopic (exact) mass is 530 g/mol. The number of amides is 1. The van der Waals surface area contributed by atoms with Gasteiger partial charge in [0.1, 0.15) is 0 Å². The predicted octanol–water partition coefficient (Wildman–Crippen LogP) is 5.26. The quantitative estimate of drug-likeness (QED) is 0.398. The Kier molecular flexibility index (Phi) is 7.04. The molecule has 10 heteroatoms. The molecule has 0 saturated heterocycles. The number of carbonyl (C=O) groups excluding carboxylic acids is 1. The number of rotatable bonds is 6. The van der Waals surface area contributed by atoms with E-state index in [1.807, 2.05) is 56.5 Å². The van der Waals surface area contributed by atoms with Crippen molar-refractivity contribution in [3.63, 3.8) is 0 Å². The van der Waals surface area contributed by atoms with Gasteiger partial charge in [-0.1, -0.05) is 52.8 Å². The summed E-state index contributed by atoms with van der Waals surface area (Å²) in [7, 11) is 1.58. The van der Waals surface area contributed by atoms with Crippen molar-refractivity contribution in [2.75, 3.05) is 24.9 Å². The summed E-state index contributed by atoms with van der Waals surface area (Å²) in [6, 6.07) is 11.2. The lowest BCUT2D eigenvalue weighted by atomic mass is 10.1. The Bertz CT molecular complexity index is 1190. The van der Waals surface area contributed by atoms with Crippen molar-refractivity contribution < 1.29 is 19.0 Å². The van der Waals surface area contributed by atoms with E-state index in [9.17, 15) is 4.79 Å². The van der Waals surface area contributed by atoms with E-state index in [-0.39, 0.29) is 12.3 Å². The molecule has 2 aromatic carbocycles. The van der Waals surface area contributed by atoms with Crippen LogP contribution in [0.25, 0.3) is 11.3 Å². The van der Waals surface area contributed by atoms with Gasteiger partial charge in [0.25, 0.3) is 0 Å². The molecule has 2 heterocycles. The largest absolute Gasteiger partial charge is 0.493 e. The number of para-hydroxylation sites is 1. The molecule has 1 atom stereocenters. The second-order valence-electron chi connectivity index (χ2n) is 7.01. The van der Waals surface area contributed by atoms with E-state index < -0.39 is 6.23 Å². The molecule has 0 N–H and O–H groups in total. The van der Waals surface area contributed by atoms with Gasteiger partial charge in [-0.25, -0.2) is 0 Å². The van der Waals surface area contributed by atoms with Gasteiger partial charge in [0.15, 0.2) is 17.2 Å². The van der Waals surface area contributed by atoms with Gasteiger partial charge < -0.3 is 14.2 Å². The highest BCUT2D eigenvalue weighted by molar-refractivity contribution is 9.10. The highest BCUT2D eigenvalue weighted by Gasteiger charge is 2.36. The van der Waals surface area contributed by atoms with E-state index in [0.717, 1.165) is 5.56 Å². The van der Waals surface area contributed by atoms with Crippen molar-refractivity contribution in [2.45, 2.75) is 31.7 Å². The summed E-state index contributed by atoms with van der Waals surface area (Å²) in [6.45, 7) is 4.17. The number of carbonyl (C=O) groups is 1. The van der Waals surface area contributed by atoms with Crippen LogP contribution in [0.2, 0.25) is 0 Å². The number of ether oxygens (including phenoxy) is 3. The topological polar surface area (TPSA) is 86.7 Å². The number of thioether (sulfide) groups is 1. The second kappa shape index (κ2) is 9.96. The zero-order valence-electron chi connectivity index (χ0n) is 18.7. The van der Waals surface area contributed by atoms with Crippen LogP contribution in [0.15, 0.2) is 46.0 Å². The Morgan fingerprint density at radius 1 is 1.21 bits per heavy atom. The van der Waals surface area contributed by atoms with Crippen LogP contribution in [0.3, 0.4) is 0 Å². The predicted molar refractivity (Wildman–Crippen MR) is 130 cm³/mol. The molecule has 0 bridgehead atoms. The molecule has 3 aromatic rings. The minimum atomic E-state index is -0.828. The average molecular weight is 531 g/mol. The number of hydrogen-bond acceptors (Lipinski definition) is 8. The van der Waals surface area contributed by atoms with Crippen LogP contribution in [-0.2, 0) is 4.79 Å². The van der Waals surface area contributed by atoms with Gasteiger partial charge in [0, 0.05) is 22.0 Å². The van der Waals surface area contributed by atoms with Gasteiger partial charge in [-0.3, -0.25) is 9.69 Å². The Balaban J connectivity index is 1.98. The minimum Gasteiger partial charge on any atom is -0.493 e. The van der Waals surface area contributed by atoms with Crippen LogP contribution in [0.1, 0.15) is 32.1 Å². The summed E-state index contributed by atoms with van der Waals surface area (Å²) < 4.78 is 18.4. The van der Waals surface area contributed by atoms with Gasteiger partial charge in [-0.05, 0) is 31.4 Å². The van der Waals surface area contributed by atoms with Crippen LogP contribution in [0, 0.1) is 0 Å². The maximum absolute atomic E-state index is 13.3. The highest BCUT2D eigenvalue weighted by Crippen LogP contribution is 2.46. The summed E-state index contributed by atoms with van der Waals surface area (Å²) in [5, 5.41) is 9.05. The molecule has 0 aliphatic carbocycles. The molecule has 4 rings (SSSR count). The molecule has 0 radical (unpaired) electrons. The summed E-state index contributed by atoms with van der Waals surface area (Å²) in [5.41, 5.74) is 2.56. The van der Waals surface area contributed by atoms with Crippen molar-refractivity contribution in [3.05, 3.63) is 46.4 Å². The maximum atomic E-state index is 13.3. The lowest BCUT2D eigenvalue weighted by Gasteiger charge is -2.31. The Morgan fingerprint density at radius 2 is 2.00 bits per heavy atom. The molecule has 0 fully saturated rings. The van der Waals surface area contributed by atoms with Crippen LogP contribution >= 0.6 is 27.7 Å². The summed E-state index contributed by atoms with van der Waals surface area (Å²) in [6.07, 6.45) is 1.32. The van der Waals surface area contributed by atoms with E-state index in [0.29, 0.717) is 50.6 Å². The molecule has 0 unspecified atom stereocenters. The fraction of sp³-hybridized carbons (Fsp3) is 0.304. The van der Waals surface area contributed by atoms with Crippen LogP contribution in [-0.4, -0.2) is 41.1 Å². The van der Waals surface area contributed by atoms with Gasteiger partial charge in [0.2, 0.25) is 23.2 Å². The molecule has 1 aromatic heterocycles. The molecule has 172 valence electrons. The number of hydrogen-bond donors (Lipinski definition) is 0. The number of fused-ring (bicyclic) bond motifs is 3. The molecule has 33 heavy (non-hydrogen) atoms. The zero-order chi connectivity index (χ0) is 23.5. The fourth-order valence-electron chi connectivity index (χ4n) is 3.61. The normalized spacial score (nSPS) is 14.6. The zero-order valence-corrected chi connectivity index (χ0v) is 21.1. The molecule has 0 spiro atoms. The fourth-order valence-corrected chi connectivity index (χ4v) is 4.43. The standard InChI is InChI=1S/C23H23BrN4O4S/c1-5-19(29)28-16-10-8-7-9-13(16)20-21(25-23(33-4)27-26-20)32-22(28)14-11-18(31-6-2)17(30-3)12-15(14)24/h7-12,22H,5-6H2,1-4H3/t22-/m1/s1. The smallest absolute Gasteiger partial charge is 0.247 e. The maximum Gasteiger partial charge on any atom is 0.247 e. The number of anilines is 1. The van der Waals surface area contributed by atoms with Gasteiger partial charge in [-0.2, -0.15) is 4.98 Å². The molecule has 0 saturated carbocycles. The summed E-state index contributed by atoms with van der Waals surface area (Å²) in [5.74, 6) is 1.32. The Labute approximate surface area is 204 Å². The molecule has 1 amide bonds. The number of aromatic nitrogens is 3. The van der Waals surface area contributed by atoms with Crippen molar-refractivity contribution in [1.82, 2.24) is 15.2 Å². The van der Waals surface area contributed by atoms with Gasteiger partial charge in [-0.15, -0.1) is 10.2 Å². The Hall–Kier alpha value is -2.85. The average Bonchev–Trinajstić information content (AvgIpc) is 2.98. The second-order valence-corrected chi connectivity index (χ2v) is 8.64. The van der Waals surface area contributed by atoms with E-state index in [1.54, 1.807) is 12.0 Å². The summed E-state index contributed by atoms with van der Waals surface area (Å²) in [4.78, 5) is 19.5. The number of halogens is 1. The van der Waals surface area contributed by atoms with Crippen molar-refractivity contribution in [2.24, 2.45) is 0 Å². The number of nitrogens with zero attached hydrogens (tertiary/aromatic N) is 4. The number of benzene rings is 2. The molecule has 1 aliphatic rings. The van der Waals surface area contributed by atoms with Crippen LogP contribution in [0.5, 0.6) is 17.4 Å². The van der Waals surface area contributed by atoms with Crippen molar-refractivity contribution in [1.29, 1.82) is 0 Å². The number of methoxy groups -OCH3 is 1. The molecule has 8 nitrogen and oxygen atoms in total. The van der Waals surface area contributed by atoms with Crippen molar-refractivity contribution >= 4 is 39.3 Å². The van der Waals surface area contributed by atoms with Gasteiger partial charge in [0.05, 0.1) is 19.4 Å². The van der Waals surface area contributed by atoms with E-state index in [2.05, 4.69) is 31.1 Å². The Morgan fingerprint density at radius 3 is 2.70 bits per heavy atom. The van der Waals surface area contributed by atoms with Crippen LogP contribution in [0.4, 0.5) is 5.69 Å². The first-order valence-electron chi connectivity index (χ1n) is 10.4. The molecular formula is C23H23BrN4O4S. The van der Waals surface area contributed by atoms with Gasteiger partial charge >= 0.3 is 0 Å². The highest BCUT2D eigenvalue weighted by atomic mass is 79.9. The lowest BCUT2D eigenvalue weighted by molar-refractivity contribution is -0.120. The van der Waals surface area contributed by atoms with E-state index >= 15 is 0 Å². The summed E-state index contributed by atoms with van der Waals surface area (Å²) >= 11 is 5.00. The third-order valence-electron chi connectivity index (χ3n) is 5.11. The third kappa shape index (κ3) is 4.37. The molecular weight excluding hydrogens is 508 g/mol.